The molecular weight excluding hydrogens is 302 g/mol. The smallest absolute Gasteiger partial charge is 0.221 e. The molecule has 1 amide bonds. The Bertz CT molecular complexity index is 625. The van der Waals surface area contributed by atoms with Crippen LogP contribution < -0.4 is 5.32 Å². The van der Waals surface area contributed by atoms with Crippen LogP contribution in [0.2, 0.25) is 0 Å². The van der Waals surface area contributed by atoms with E-state index in [1.807, 2.05) is 18.2 Å². The first-order valence-electron chi connectivity index (χ1n) is 8.28. The van der Waals surface area contributed by atoms with E-state index < -0.39 is 0 Å². The van der Waals surface area contributed by atoms with Crippen LogP contribution in [0.25, 0.3) is 0 Å². The van der Waals surface area contributed by atoms with Gasteiger partial charge in [0.15, 0.2) is 0 Å². The molecule has 0 radical (unpaired) electrons. The van der Waals surface area contributed by atoms with Crippen molar-refractivity contribution in [2.75, 3.05) is 5.75 Å². The quantitative estimate of drug-likeness (QED) is 0.717. The number of hydrogen-bond donors (Lipinski definition) is 1. The average Bonchev–Trinajstić information content (AvgIpc) is 2.60. The number of carbonyl (C=O) groups is 1. The lowest BCUT2D eigenvalue weighted by atomic mass is 10.0. The van der Waals surface area contributed by atoms with E-state index in [1.54, 1.807) is 11.8 Å². The number of rotatable bonds is 8. The predicted octanol–water partition coefficient (Wildman–Crippen LogP) is 4.61. The number of thioether (sulfide) groups is 1. The first-order valence-corrected chi connectivity index (χ1v) is 9.26. The Morgan fingerprint density at radius 1 is 1.00 bits per heavy atom. The zero-order chi connectivity index (χ0) is 16.5. The third-order valence-corrected chi connectivity index (χ3v) is 4.89. The van der Waals surface area contributed by atoms with E-state index in [1.165, 1.54) is 21.6 Å². The first kappa shape index (κ1) is 17.6. The lowest BCUT2D eigenvalue weighted by Gasteiger charge is -2.11. The first-order chi connectivity index (χ1) is 11.2. The van der Waals surface area contributed by atoms with Crippen LogP contribution in [-0.2, 0) is 24.2 Å². The molecule has 3 heteroatoms. The minimum atomic E-state index is 0.123. The molecule has 0 aliphatic heterocycles. The van der Waals surface area contributed by atoms with Gasteiger partial charge in [0.25, 0.3) is 0 Å². The molecule has 0 saturated heterocycles. The van der Waals surface area contributed by atoms with E-state index in [0.29, 0.717) is 13.0 Å². The number of benzene rings is 2. The molecule has 0 heterocycles. The summed E-state index contributed by atoms with van der Waals surface area (Å²) in [5.74, 6) is 0.934. The summed E-state index contributed by atoms with van der Waals surface area (Å²) < 4.78 is 0. The maximum absolute atomic E-state index is 12.0. The number of amides is 1. The monoisotopic (exact) mass is 327 g/mol. The van der Waals surface area contributed by atoms with Gasteiger partial charge in [-0.25, -0.2) is 0 Å². The average molecular weight is 327 g/mol. The van der Waals surface area contributed by atoms with Gasteiger partial charge in [0.05, 0.1) is 0 Å². The molecule has 0 bridgehead atoms. The summed E-state index contributed by atoms with van der Waals surface area (Å²) in [6.07, 6.45) is 2.58. The summed E-state index contributed by atoms with van der Waals surface area (Å²) >= 11 is 1.72. The molecule has 0 saturated carbocycles. The lowest BCUT2D eigenvalue weighted by Crippen LogP contribution is -2.23. The Morgan fingerprint density at radius 3 is 2.48 bits per heavy atom. The fraction of sp³-hybridized carbons (Fsp3) is 0.350. The van der Waals surface area contributed by atoms with Gasteiger partial charge in [-0.1, -0.05) is 50.2 Å². The van der Waals surface area contributed by atoms with Gasteiger partial charge in [0, 0.05) is 23.6 Å². The second-order valence-corrected chi connectivity index (χ2v) is 6.67. The SMILES string of the molecule is CCc1ccc(CC)c(CNC(=O)CCSc2ccccc2)c1. The van der Waals surface area contributed by atoms with Gasteiger partial charge in [0.2, 0.25) is 5.91 Å². The van der Waals surface area contributed by atoms with Crippen LogP contribution in [0.4, 0.5) is 0 Å². The van der Waals surface area contributed by atoms with Crippen LogP contribution in [-0.4, -0.2) is 11.7 Å². The molecule has 2 nitrogen and oxygen atoms in total. The fourth-order valence-corrected chi connectivity index (χ4v) is 3.34. The lowest BCUT2D eigenvalue weighted by molar-refractivity contribution is -0.120. The number of hydrogen-bond acceptors (Lipinski definition) is 2. The third kappa shape index (κ3) is 5.76. The van der Waals surface area contributed by atoms with Crippen molar-refractivity contribution in [1.29, 1.82) is 0 Å². The van der Waals surface area contributed by atoms with Crippen molar-refractivity contribution in [3.8, 4) is 0 Å². The topological polar surface area (TPSA) is 29.1 Å². The van der Waals surface area contributed by atoms with E-state index in [9.17, 15) is 4.79 Å². The van der Waals surface area contributed by atoms with Gasteiger partial charge in [-0.3, -0.25) is 4.79 Å². The Morgan fingerprint density at radius 2 is 1.78 bits per heavy atom. The van der Waals surface area contributed by atoms with Gasteiger partial charge >= 0.3 is 0 Å². The number of carbonyl (C=O) groups excluding carboxylic acids is 1. The molecule has 1 N–H and O–H groups in total. The molecule has 0 spiro atoms. The van der Waals surface area contributed by atoms with E-state index in [4.69, 9.17) is 0 Å². The van der Waals surface area contributed by atoms with Crippen LogP contribution in [0.3, 0.4) is 0 Å². The molecule has 0 aliphatic carbocycles. The summed E-state index contributed by atoms with van der Waals surface area (Å²) in [5.41, 5.74) is 3.89. The van der Waals surface area contributed by atoms with Crippen LogP contribution in [0.5, 0.6) is 0 Å². The zero-order valence-corrected chi connectivity index (χ0v) is 14.8. The predicted molar refractivity (Wildman–Crippen MR) is 98.8 cm³/mol. The molecule has 0 aromatic heterocycles. The van der Waals surface area contributed by atoms with Crippen molar-refractivity contribution < 1.29 is 4.79 Å². The normalized spacial score (nSPS) is 10.5. The van der Waals surface area contributed by atoms with Crippen molar-refractivity contribution in [2.45, 2.75) is 44.6 Å². The van der Waals surface area contributed by atoms with Gasteiger partial charge in [-0.15, -0.1) is 11.8 Å². The van der Waals surface area contributed by atoms with Crippen LogP contribution >= 0.6 is 11.8 Å². The molecular formula is C20H25NOS. The molecule has 2 aromatic carbocycles. The fourth-order valence-electron chi connectivity index (χ4n) is 2.47. The largest absolute Gasteiger partial charge is 0.352 e. The minimum Gasteiger partial charge on any atom is -0.352 e. The third-order valence-electron chi connectivity index (χ3n) is 3.88. The van der Waals surface area contributed by atoms with E-state index >= 15 is 0 Å². The van der Waals surface area contributed by atoms with Crippen LogP contribution in [0, 0.1) is 0 Å². The highest BCUT2D eigenvalue weighted by Crippen LogP contribution is 2.18. The maximum atomic E-state index is 12.0. The Hall–Kier alpha value is -1.74. The maximum Gasteiger partial charge on any atom is 0.221 e. The molecule has 0 fully saturated rings. The number of nitrogens with one attached hydrogen (secondary N) is 1. The van der Waals surface area contributed by atoms with Crippen molar-refractivity contribution >= 4 is 17.7 Å². The molecule has 2 aromatic rings. The van der Waals surface area contributed by atoms with Crippen LogP contribution in [0.15, 0.2) is 53.4 Å². The summed E-state index contributed by atoms with van der Waals surface area (Å²) in [7, 11) is 0. The van der Waals surface area contributed by atoms with Gasteiger partial charge in [-0.2, -0.15) is 0 Å². The van der Waals surface area contributed by atoms with E-state index in [0.717, 1.165) is 18.6 Å². The van der Waals surface area contributed by atoms with Gasteiger partial charge in [-0.05, 0) is 41.7 Å². The van der Waals surface area contributed by atoms with Crippen molar-refractivity contribution in [3.63, 3.8) is 0 Å². The Kier molecular flexibility index (Phi) is 7.21. The Balaban J connectivity index is 1.80. The summed E-state index contributed by atoms with van der Waals surface area (Å²) in [6.45, 7) is 4.94. The molecule has 2 rings (SSSR count). The summed E-state index contributed by atoms with van der Waals surface area (Å²) in [4.78, 5) is 13.2. The van der Waals surface area contributed by atoms with E-state index in [-0.39, 0.29) is 5.91 Å². The van der Waals surface area contributed by atoms with E-state index in [2.05, 4.69) is 49.5 Å². The minimum absolute atomic E-state index is 0.123. The van der Waals surface area contributed by atoms with Crippen molar-refractivity contribution in [1.82, 2.24) is 5.32 Å². The standard InChI is InChI=1S/C20H25NOS/c1-3-16-10-11-17(4-2)18(14-16)15-21-20(22)12-13-23-19-8-6-5-7-9-19/h5-11,14H,3-4,12-13,15H2,1-2H3,(H,21,22). The highest BCUT2D eigenvalue weighted by molar-refractivity contribution is 7.99. The van der Waals surface area contributed by atoms with Gasteiger partial charge in [0.1, 0.15) is 0 Å². The molecule has 0 aliphatic rings. The molecule has 122 valence electrons. The zero-order valence-electron chi connectivity index (χ0n) is 14.0. The van der Waals surface area contributed by atoms with Crippen molar-refractivity contribution in [2.24, 2.45) is 0 Å². The second kappa shape index (κ2) is 9.41. The highest BCUT2D eigenvalue weighted by atomic mass is 32.2. The Labute approximate surface area is 143 Å². The highest BCUT2D eigenvalue weighted by Gasteiger charge is 2.06. The van der Waals surface area contributed by atoms with Crippen molar-refractivity contribution in [3.05, 3.63) is 65.2 Å². The summed E-state index contributed by atoms with van der Waals surface area (Å²) in [6, 6.07) is 16.8. The molecule has 0 atom stereocenters. The summed E-state index contributed by atoms with van der Waals surface area (Å²) in [5, 5.41) is 3.06. The molecule has 0 unspecified atom stereocenters. The van der Waals surface area contributed by atoms with Gasteiger partial charge < -0.3 is 5.32 Å². The second-order valence-electron chi connectivity index (χ2n) is 5.50. The number of aryl methyl sites for hydroxylation is 2. The van der Waals surface area contributed by atoms with Crippen LogP contribution in [0.1, 0.15) is 37.0 Å². The molecule has 23 heavy (non-hydrogen) atoms.